The zero-order valence-corrected chi connectivity index (χ0v) is 13.3. The molecule has 3 fully saturated rings. The van der Waals surface area contributed by atoms with Crippen molar-refractivity contribution in [1.82, 2.24) is 19.9 Å². The van der Waals surface area contributed by atoms with Crippen LogP contribution < -0.4 is 0 Å². The molecule has 0 bridgehead atoms. The summed E-state index contributed by atoms with van der Waals surface area (Å²) >= 11 is 1.87. The Morgan fingerprint density at radius 1 is 1.43 bits per heavy atom. The van der Waals surface area contributed by atoms with Gasteiger partial charge in [0.1, 0.15) is 0 Å². The topological polar surface area (TPSA) is 51.0 Å². The minimum Gasteiger partial charge on any atom is -0.340 e. The molecule has 1 atom stereocenters. The maximum atomic E-state index is 12.4. The van der Waals surface area contributed by atoms with Crippen LogP contribution in [0.4, 0.5) is 0 Å². The SMILES string of the molecule is CC1(c2cn(C3CCCN(C(=O)C4CSC4)C3)nn2)CC1. The van der Waals surface area contributed by atoms with Crippen LogP contribution in [-0.2, 0) is 10.2 Å². The van der Waals surface area contributed by atoms with Gasteiger partial charge in [0.15, 0.2) is 0 Å². The lowest BCUT2D eigenvalue weighted by Gasteiger charge is -2.36. The van der Waals surface area contributed by atoms with Gasteiger partial charge in [-0.2, -0.15) is 11.8 Å². The molecule has 0 spiro atoms. The summed E-state index contributed by atoms with van der Waals surface area (Å²) in [5.74, 6) is 2.64. The molecule has 3 heterocycles. The second-order valence-corrected chi connectivity index (χ2v) is 8.03. The summed E-state index contributed by atoms with van der Waals surface area (Å²) in [7, 11) is 0. The molecule has 1 saturated carbocycles. The van der Waals surface area contributed by atoms with Crippen LogP contribution in [0, 0.1) is 5.92 Å². The van der Waals surface area contributed by atoms with Gasteiger partial charge >= 0.3 is 0 Å². The van der Waals surface area contributed by atoms with Gasteiger partial charge in [0.25, 0.3) is 0 Å². The second kappa shape index (κ2) is 5.00. The summed E-state index contributed by atoms with van der Waals surface area (Å²) in [5, 5.41) is 8.71. The Morgan fingerprint density at radius 3 is 2.90 bits per heavy atom. The molecule has 1 aromatic heterocycles. The Balaban J connectivity index is 1.45. The van der Waals surface area contributed by atoms with E-state index in [9.17, 15) is 4.79 Å². The Bertz CT molecular complexity index is 550. The molecule has 6 heteroatoms. The van der Waals surface area contributed by atoms with Crippen molar-refractivity contribution in [2.45, 2.75) is 44.1 Å². The number of hydrogen-bond donors (Lipinski definition) is 0. The van der Waals surface area contributed by atoms with Crippen LogP contribution in [0.5, 0.6) is 0 Å². The van der Waals surface area contributed by atoms with Crippen LogP contribution in [0.3, 0.4) is 0 Å². The van der Waals surface area contributed by atoms with Gasteiger partial charge in [0.05, 0.1) is 17.7 Å². The number of likely N-dealkylation sites (tertiary alicyclic amines) is 1. The molecule has 4 rings (SSSR count). The van der Waals surface area contributed by atoms with E-state index >= 15 is 0 Å². The largest absolute Gasteiger partial charge is 0.340 e. The molecule has 21 heavy (non-hydrogen) atoms. The number of rotatable bonds is 3. The zero-order chi connectivity index (χ0) is 14.4. The number of hydrogen-bond acceptors (Lipinski definition) is 4. The monoisotopic (exact) mass is 306 g/mol. The van der Waals surface area contributed by atoms with Crippen molar-refractivity contribution in [3.63, 3.8) is 0 Å². The third-order valence-corrected chi connectivity index (χ3v) is 6.47. The van der Waals surface area contributed by atoms with Gasteiger partial charge in [-0.05, 0) is 25.7 Å². The quantitative estimate of drug-likeness (QED) is 0.855. The minimum absolute atomic E-state index is 0.269. The normalized spacial score (nSPS) is 28.2. The summed E-state index contributed by atoms with van der Waals surface area (Å²) in [4.78, 5) is 14.5. The highest BCUT2D eigenvalue weighted by Gasteiger charge is 2.42. The third-order valence-electron chi connectivity index (χ3n) is 5.20. The molecule has 114 valence electrons. The molecule has 2 saturated heterocycles. The molecule has 3 aliphatic rings. The predicted octanol–water partition coefficient (Wildman–Crippen LogP) is 1.86. The third kappa shape index (κ3) is 2.47. The highest BCUT2D eigenvalue weighted by Crippen LogP contribution is 2.46. The fourth-order valence-electron chi connectivity index (χ4n) is 3.18. The van der Waals surface area contributed by atoms with E-state index in [0.29, 0.717) is 11.9 Å². The molecule has 0 radical (unpaired) electrons. The van der Waals surface area contributed by atoms with Crippen molar-refractivity contribution in [3.8, 4) is 0 Å². The number of carbonyl (C=O) groups excluding carboxylic acids is 1. The van der Waals surface area contributed by atoms with Crippen LogP contribution >= 0.6 is 11.8 Å². The van der Waals surface area contributed by atoms with Crippen molar-refractivity contribution in [2.24, 2.45) is 5.92 Å². The predicted molar refractivity (Wildman–Crippen MR) is 82.3 cm³/mol. The Morgan fingerprint density at radius 2 is 2.24 bits per heavy atom. The molecule has 5 nitrogen and oxygen atoms in total. The van der Waals surface area contributed by atoms with E-state index in [0.717, 1.165) is 43.1 Å². The van der Waals surface area contributed by atoms with Gasteiger partial charge in [-0.3, -0.25) is 4.79 Å². The van der Waals surface area contributed by atoms with Gasteiger partial charge in [-0.1, -0.05) is 12.1 Å². The summed E-state index contributed by atoms with van der Waals surface area (Å²) < 4.78 is 2.01. The smallest absolute Gasteiger partial charge is 0.227 e. The number of amides is 1. The number of thioether (sulfide) groups is 1. The summed E-state index contributed by atoms with van der Waals surface area (Å²) in [6.45, 7) is 3.97. The fourth-order valence-corrected chi connectivity index (χ4v) is 3.94. The summed E-state index contributed by atoms with van der Waals surface area (Å²) in [6.07, 6.45) is 6.73. The summed E-state index contributed by atoms with van der Waals surface area (Å²) in [5.41, 5.74) is 1.40. The molecule has 1 aromatic rings. The zero-order valence-electron chi connectivity index (χ0n) is 12.5. The maximum Gasteiger partial charge on any atom is 0.227 e. The van der Waals surface area contributed by atoms with Crippen LogP contribution in [-0.4, -0.2) is 50.4 Å². The Kier molecular flexibility index (Phi) is 3.24. The molecule has 2 aliphatic heterocycles. The van der Waals surface area contributed by atoms with Gasteiger partial charge in [-0.25, -0.2) is 4.68 Å². The van der Waals surface area contributed by atoms with Gasteiger partial charge in [0, 0.05) is 36.2 Å². The number of piperidine rings is 1. The average molecular weight is 306 g/mol. The van der Waals surface area contributed by atoms with Crippen molar-refractivity contribution in [1.29, 1.82) is 0 Å². The molecule has 0 N–H and O–H groups in total. The molecule has 1 aliphatic carbocycles. The minimum atomic E-state index is 0.269. The first-order chi connectivity index (χ1) is 10.2. The van der Waals surface area contributed by atoms with E-state index in [-0.39, 0.29) is 11.3 Å². The first kappa shape index (κ1) is 13.6. The molecular formula is C15H22N4OS. The van der Waals surface area contributed by atoms with E-state index in [1.54, 1.807) is 0 Å². The Hall–Kier alpha value is -1.04. The van der Waals surface area contributed by atoms with E-state index in [1.165, 1.54) is 12.8 Å². The van der Waals surface area contributed by atoms with Gasteiger partial charge in [0.2, 0.25) is 5.91 Å². The van der Waals surface area contributed by atoms with Crippen LogP contribution in [0.25, 0.3) is 0 Å². The van der Waals surface area contributed by atoms with Crippen molar-refractivity contribution < 1.29 is 4.79 Å². The van der Waals surface area contributed by atoms with Crippen LogP contribution in [0.1, 0.15) is 44.3 Å². The van der Waals surface area contributed by atoms with Gasteiger partial charge < -0.3 is 4.90 Å². The molecular weight excluding hydrogens is 284 g/mol. The first-order valence-electron chi connectivity index (χ1n) is 7.94. The van der Waals surface area contributed by atoms with Crippen molar-refractivity contribution in [3.05, 3.63) is 11.9 Å². The average Bonchev–Trinajstić information content (AvgIpc) is 3.01. The lowest BCUT2D eigenvalue weighted by atomic mass is 10.0. The Labute approximate surface area is 129 Å². The molecule has 1 amide bonds. The standard InChI is InChI=1S/C15H22N4OS/c1-15(4-5-15)13-8-19(17-16-13)12-3-2-6-18(7-12)14(20)11-9-21-10-11/h8,11-12H,2-7,9-10H2,1H3. The highest BCUT2D eigenvalue weighted by atomic mass is 32.2. The van der Waals surface area contributed by atoms with E-state index in [2.05, 4.69) is 28.3 Å². The maximum absolute atomic E-state index is 12.4. The number of carbonyl (C=O) groups is 1. The first-order valence-corrected chi connectivity index (χ1v) is 9.10. The highest BCUT2D eigenvalue weighted by molar-refractivity contribution is 8.00. The molecule has 0 aromatic carbocycles. The van der Waals surface area contributed by atoms with E-state index in [4.69, 9.17) is 0 Å². The second-order valence-electron chi connectivity index (χ2n) is 6.96. The summed E-state index contributed by atoms with van der Waals surface area (Å²) in [6, 6.07) is 0.305. The number of nitrogens with zero attached hydrogens (tertiary/aromatic N) is 4. The van der Waals surface area contributed by atoms with Crippen LogP contribution in [0.15, 0.2) is 6.20 Å². The fraction of sp³-hybridized carbons (Fsp3) is 0.800. The van der Waals surface area contributed by atoms with Crippen molar-refractivity contribution >= 4 is 17.7 Å². The van der Waals surface area contributed by atoms with Crippen LogP contribution in [0.2, 0.25) is 0 Å². The van der Waals surface area contributed by atoms with Gasteiger partial charge in [-0.15, -0.1) is 5.10 Å². The lowest BCUT2D eigenvalue weighted by Crippen LogP contribution is -2.46. The van der Waals surface area contributed by atoms with E-state index < -0.39 is 0 Å². The lowest BCUT2D eigenvalue weighted by molar-refractivity contribution is -0.136. The van der Waals surface area contributed by atoms with Crippen molar-refractivity contribution in [2.75, 3.05) is 24.6 Å². The number of aromatic nitrogens is 3. The molecule has 1 unspecified atom stereocenters. The van der Waals surface area contributed by atoms with E-state index in [1.807, 2.05) is 16.4 Å².